The zero-order valence-electron chi connectivity index (χ0n) is 7.00. The summed E-state index contributed by atoms with van der Waals surface area (Å²) in [6.45, 7) is 3.88. The summed E-state index contributed by atoms with van der Waals surface area (Å²) >= 11 is 0. The summed E-state index contributed by atoms with van der Waals surface area (Å²) in [5.41, 5.74) is 5.35. The summed E-state index contributed by atoms with van der Waals surface area (Å²) in [5, 5.41) is 8.45. The van der Waals surface area contributed by atoms with Gasteiger partial charge < -0.3 is 16.3 Å². The van der Waals surface area contributed by atoms with Gasteiger partial charge in [0.2, 0.25) is 0 Å². The molecule has 0 heterocycles. The number of aliphatic carboxylic acids is 1. The number of carboxylic acids is 1. The molecule has 4 heteroatoms. The largest absolute Gasteiger partial charge is 0.480 e. The van der Waals surface area contributed by atoms with Gasteiger partial charge in [0.25, 0.3) is 0 Å². The van der Waals surface area contributed by atoms with Gasteiger partial charge in [-0.1, -0.05) is 20.3 Å². The summed E-state index contributed by atoms with van der Waals surface area (Å²) in [4.78, 5) is 10.3. The first kappa shape index (κ1) is 13.0. The Kier molecular flexibility index (Phi) is 7.24. The molecule has 0 aliphatic heterocycles. The second-order valence-electron chi connectivity index (χ2n) is 2.63. The van der Waals surface area contributed by atoms with Crippen molar-refractivity contribution < 1.29 is 15.4 Å². The summed E-state index contributed by atoms with van der Waals surface area (Å²) in [6.07, 6.45) is 1.87. The van der Waals surface area contributed by atoms with Gasteiger partial charge in [0, 0.05) is 0 Å². The second kappa shape index (κ2) is 6.12. The van der Waals surface area contributed by atoms with Crippen LogP contribution >= 0.6 is 0 Å². The van der Waals surface area contributed by atoms with Crippen molar-refractivity contribution in [3.8, 4) is 0 Å². The predicted molar refractivity (Wildman–Crippen MR) is 43.3 cm³/mol. The highest BCUT2D eigenvalue weighted by Gasteiger charge is 2.18. The molecule has 0 radical (unpaired) electrons. The van der Waals surface area contributed by atoms with Crippen LogP contribution in [0.4, 0.5) is 0 Å². The number of hydrogen-bond donors (Lipinski definition) is 2. The first-order valence-corrected chi connectivity index (χ1v) is 3.58. The molecule has 0 spiro atoms. The fourth-order valence-electron chi connectivity index (χ4n) is 0.878. The lowest BCUT2D eigenvalue weighted by Crippen LogP contribution is -2.36. The van der Waals surface area contributed by atoms with E-state index >= 15 is 0 Å². The summed E-state index contributed by atoms with van der Waals surface area (Å²) in [7, 11) is 0. The highest BCUT2D eigenvalue weighted by Crippen LogP contribution is 2.08. The molecule has 5 N–H and O–H groups in total. The highest BCUT2D eigenvalue weighted by molar-refractivity contribution is 5.73. The Balaban J connectivity index is 0. The van der Waals surface area contributed by atoms with E-state index in [0.29, 0.717) is 0 Å². The van der Waals surface area contributed by atoms with Crippen molar-refractivity contribution in [3.05, 3.63) is 0 Å². The standard InChI is InChI=1S/C7H15NO2.H2O/c1-3-4-5(2)6(8)7(9)10;/h5-6H,3-4,8H2,1-2H3,(H,9,10);1H2. The molecule has 0 aromatic heterocycles. The summed E-state index contributed by atoms with van der Waals surface area (Å²) in [5.74, 6) is -0.816. The zero-order chi connectivity index (χ0) is 8.15. The fourth-order valence-corrected chi connectivity index (χ4v) is 0.878. The van der Waals surface area contributed by atoms with Crippen molar-refractivity contribution in [2.45, 2.75) is 32.7 Å². The van der Waals surface area contributed by atoms with Crippen LogP contribution in [0.25, 0.3) is 0 Å². The maximum Gasteiger partial charge on any atom is 0.320 e. The molecule has 0 saturated carbocycles. The van der Waals surface area contributed by atoms with Gasteiger partial charge >= 0.3 is 5.97 Å². The molecule has 0 rings (SSSR count). The molecule has 0 aromatic rings. The Labute approximate surface area is 66.7 Å². The average molecular weight is 163 g/mol. The second-order valence-corrected chi connectivity index (χ2v) is 2.63. The molecule has 2 atom stereocenters. The van der Waals surface area contributed by atoms with Crippen molar-refractivity contribution in [1.82, 2.24) is 0 Å². The van der Waals surface area contributed by atoms with Crippen molar-refractivity contribution in [1.29, 1.82) is 0 Å². The van der Waals surface area contributed by atoms with Crippen LogP contribution in [0, 0.1) is 5.92 Å². The van der Waals surface area contributed by atoms with E-state index in [4.69, 9.17) is 10.8 Å². The molecule has 0 fully saturated rings. The quantitative estimate of drug-likeness (QED) is 0.611. The van der Waals surface area contributed by atoms with Crippen molar-refractivity contribution in [3.63, 3.8) is 0 Å². The van der Waals surface area contributed by atoms with E-state index in [9.17, 15) is 4.79 Å². The molecule has 0 aliphatic rings. The Morgan fingerprint density at radius 3 is 2.36 bits per heavy atom. The fraction of sp³-hybridized carbons (Fsp3) is 0.857. The van der Waals surface area contributed by atoms with Crippen LogP contribution in [0.5, 0.6) is 0 Å². The minimum absolute atomic E-state index is 0. The van der Waals surface area contributed by atoms with Gasteiger partial charge in [-0.2, -0.15) is 0 Å². The molecular formula is C7H17NO3. The van der Waals surface area contributed by atoms with Crippen LogP contribution in [-0.2, 0) is 4.79 Å². The van der Waals surface area contributed by atoms with Crippen molar-refractivity contribution >= 4 is 5.97 Å². The van der Waals surface area contributed by atoms with E-state index in [1.54, 1.807) is 0 Å². The van der Waals surface area contributed by atoms with E-state index in [2.05, 4.69) is 0 Å². The topological polar surface area (TPSA) is 94.8 Å². The monoisotopic (exact) mass is 163 g/mol. The first-order valence-electron chi connectivity index (χ1n) is 3.58. The minimum atomic E-state index is -0.902. The van der Waals surface area contributed by atoms with Gasteiger partial charge in [-0.25, -0.2) is 0 Å². The number of carboxylic acid groups (broad SMARTS) is 1. The van der Waals surface area contributed by atoms with Crippen LogP contribution < -0.4 is 5.73 Å². The SMILES string of the molecule is CCCC(C)C(N)C(=O)O.O. The molecule has 0 amide bonds. The first-order chi connectivity index (χ1) is 4.59. The lowest BCUT2D eigenvalue weighted by molar-refractivity contribution is -0.139. The highest BCUT2D eigenvalue weighted by atomic mass is 16.4. The third-order valence-electron chi connectivity index (χ3n) is 1.64. The smallest absolute Gasteiger partial charge is 0.320 e. The molecule has 0 saturated heterocycles. The molecule has 0 bridgehead atoms. The summed E-state index contributed by atoms with van der Waals surface area (Å²) in [6, 6.07) is -0.694. The van der Waals surface area contributed by atoms with Crippen LogP contribution in [0.15, 0.2) is 0 Å². The van der Waals surface area contributed by atoms with Gasteiger partial charge in [-0.3, -0.25) is 4.79 Å². The minimum Gasteiger partial charge on any atom is -0.480 e. The molecule has 0 aliphatic carbocycles. The molecule has 4 nitrogen and oxygen atoms in total. The third-order valence-corrected chi connectivity index (χ3v) is 1.64. The normalized spacial score (nSPS) is 14.8. The summed E-state index contributed by atoms with van der Waals surface area (Å²) < 4.78 is 0. The molecule has 2 unspecified atom stereocenters. The van der Waals surface area contributed by atoms with Crippen LogP contribution in [-0.4, -0.2) is 22.6 Å². The van der Waals surface area contributed by atoms with Crippen LogP contribution in [0.3, 0.4) is 0 Å². The number of carbonyl (C=O) groups is 1. The Morgan fingerprint density at radius 2 is 2.09 bits per heavy atom. The van der Waals surface area contributed by atoms with E-state index in [1.165, 1.54) is 0 Å². The Bertz CT molecular complexity index is 116. The van der Waals surface area contributed by atoms with E-state index in [0.717, 1.165) is 12.8 Å². The van der Waals surface area contributed by atoms with Gasteiger partial charge in [-0.05, 0) is 12.3 Å². The Hall–Kier alpha value is -0.610. The van der Waals surface area contributed by atoms with E-state index in [1.807, 2.05) is 13.8 Å². The van der Waals surface area contributed by atoms with Gasteiger partial charge in [-0.15, -0.1) is 0 Å². The molecule has 68 valence electrons. The molecular weight excluding hydrogens is 146 g/mol. The number of rotatable bonds is 4. The van der Waals surface area contributed by atoms with Crippen molar-refractivity contribution in [2.75, 3.05) is 0 Å². The molecule has 11 heavy (non-hydrogen) atoms. The van der Waals surface area contributed by atoms with Crippen molar-refractivity contribution in [2.24, 2.45) is 11.7 Å². The predicted octanol–water partition coefficient (Wildman–Crippen LogP) is 0.00980. The number of nitrogens with two attached hydrogens (primary N) is 1. The lowest BCUT2D eigenvalue weighted by Gasteiger charge is -2.13. The number of hydrogen-bond acceptors (Lipinski definition) is 2. The van der Waals surface area contributed by atoms with E-state index < -0.39 is 12.0 Å². The third kappa shape index (κ3) is 4.75. The van der Waals surface area contributed by atoms with E-state index in [-0.39, 0.29) is 11.4 Å². The van der Waals surface area contributed by atoms with Gasteiger partial charge in [0.05, 0.1) is 0 Å². The van der Waals surface area contributed by atoms with Crippen LogP contribution in [0.2, 0.25) is 0 Å². The lowest BCUT2D eigenvalue weighted by atomic mass is 9.98. The maximum atomic E-state index is 10.3. The maximum absolute atomic E-state index is 10.3. The van der Waals surface area contributed by atoms with Gasteiger partial charge in [0.15, 0.2) is 0 Å². The molecule has 0 aromatic carbocycles. The van der Waals surface area contributed by atoms with Crippen LogP contribution in [0.1, 0.15) is 26.7 Å². The Morgan fingerprint density at radius 1 is 1.64 bits per heavy atom. The average Bonchev–Trinajstić information content (AvgIpc) is 1.87. The van der Waals surface area contributed by atoms with Gasteiger partial charge in [0.1, 0.15) is 6.04 Å². The zero-order valence-corrected chi connectivity index (χ0v) is 7.00.